The predicted octanol–water partition coefficient (Wildman–Crippen LogP) is 2.46. The van der Waals surface area contributed by atoms with Crippen LogP contribution in [0.1, 0.15) is 18.9 Å². The van der Waals surface area contributed by atoms with Crippen molar-refractivity contribution in [2.75, 3.05) is 7.11 Å². The van der Waals surface area contributed by atoms with Crippen LogP contribution >= 0.6 is 0 Å². The molecule has 0 amide bonds. The lowest BCUT2D eigenvalue weighted by molar-refractivity contribution is 0.419. The highest BCUT2D eigenvalue weighted by Crippen LogP contribution is 2.27. The van der Waals surface area contributed by atoms with E-state index in [1.54, 1.807) is 7.11 Å². The molecule has 1 aromatic heterocycles. The molecule has 2 aromatic rings. The fourth-order valence-corrected chi connectivity index (χ4v) is 1.95. The Bertz CT molecular complexity index is 476. The minimum absolute atomic E-state index is 0.227. The summed E-state index contributed by atoms with van der Waals surface area (Å²) in [5.41, 5.74) is 8.31. The summed E-state index contributed by atoms with van der Waals surface area (Å²) in [5.74, 6) is 0.883. The summed E-state index contributed by atoms with van der Waals surface area (Å²) in [6.07, 6.45) is 3.93. The number of nitrogens with two attached hydrogens (primary N) is 1. The molecule has 0 saturated carbocycles. The second kappa shape index (κ2) is 4.58. The Morgan fingerprint density at radius 3 is 2.94 bits per heavy atom. The molecule has 1 unspecified atom stereocenters. The summed E-state index contributed by atoms with van der Waals surface area (Å²) in [6.45, 7) is 2.11. The van der Waals surface area contributed by atoms with Crippen LogP contribution in [-0.2, 0) is 6.42 Å². The molecule has 3 N–H and O–H groups in total. The van der Waals surface area contributed by atoms with Gasteiger partial charge in [-0.25, -0.2) is 0 Å². The van der Waals surface area contributed by atoms with Crippen LogP contribution in [-0.4, -0.2) is 18.1 Å². The Labute approximate surface area is 95.6 Å². The van der Waals surface area contributed by atoms with Crippen molar-refractivity contribution in [3.8, 4) is 5.75 Å². The maximum atomic E-state index is 5.98. The molecular formula is C13H18N2O. The van der Waals surface area contributed by atoms with Crippen LogP contribution in [0.5, 0.6) is 5.75 Å². The number of hydrogen-bond acceptors (Lipinski definition) is 2. The third kappa shape index (κ3) is 1.91. The molecule has 1 heterocycles. The van der Waals surface area contributed by atoms with Gasteiger partial charge in [-0.2, -0.15) is 0 Å². The molecule has 86 valence electrons. The molecule has 0 radical (unpaired) electrons. The SMILES string of the molecule is CCC(N)Cc1c[nH]c2c(OC)cccc12. The van der Waals surface area contributed by atoms with Crippen molar-refractivity contribution in [2.24, 2.45) is 5.73 Å². The summed E-state index contributed by atoms with van der Waals surface area (Å²) in [7, 11) is 1.69. The first-order valence-corrected chi connectivity index (χ1v) is 5.64. The number of nitrogens with one attached hydrogen (secondary N) is 1. The molecule has 2 rings (SSSR count). The van der Waals surface area contributed by atoms with Crippen LogP contribution in [0, 0.1) is 0 Å². The molecule has 1 atom stereocenters. The van der Waals surface area contributed by atoms with E-state index in [1.165, 1.54) is 10.9 Å². The average molecular weight is 218 g/mol. The van der Waals surface area contributed by atoms with Crippen LogP contribution in [0.25, 0.3) is 10.9 Å². The van der Waals surface area contributed by atoms with E-state index < -0.39 is 0 Å². The Hall–Kier alpha value is -1.48. The minimum Gasteiger partial charge on any atom is -0.495 e. The van der Waals surface area contributed by atoms with Gasteiger partial charge in [0.2, 0.25) is 0 Å². The van der Waals surface area contributed by atoms with Crippen molar-refractivity contribution in [3.05, 3.63) is 30.0 Å². The molecule has 3 heteroatoms. The van der Waals surface area contributed by atoms with E-state index in [9.17, 15) is 0 Å². The van der Waals surface area contributed by atoms with E-state index >= 15 is 0 Å². The van der Waals surface area contributed by atoms with E-state index in [0.717, 1.165) is 24.1 Å². The number of para-hydroxylation sites is 1. The van der Waals surface area contributed by atoms with Crippen molar-refractivity contribution in [2.45, 2.75) is 25.8 Å². The van der Waals surface area contributed by atoms with Gasteiger partial charge in [0.05, 0.1) is 12.6 Å². The Morgan fingerprint density at radius 1 is 1.44 bits per heavy atom. The largest absolute Gasteiger partial charge is 0.495 e. The molecule has 0 bridgehead atoms. The minimum atomic E-state index is 0.227. The molecule has 0 aliphatic carbocycles. The number of aromatic nitrogens is 1. The van der Waals surface area contributed by atoms with Crippen molar-refractivity contribution in [3.63, 3.8) is 0 Å². The van der Waals surface area contributed by atoms with Crippen molar-refractivity contribution in [1.29, 1.82) is 0 Å². The number of aromatic amines is 1. The van der Waals surface area contributed by atoms with E-state index in [-0.39, 0.29) is 6.04 Å². The fourth-order valence-electron chi connectivity index (χ4n) is 1.95. The first kappa shape index (κ1) is 11.0. The topological polar surface area (TPSA) is 51.0 Å². The van der Waals surface area contributed by atoms with E-state index in [0.29, 0.717) is 0 Å². The van der Waals surface area contributed by atoms with Crippen LogP contribution in [0.4, 0.5) is 0 Å². The van der Waals surface area contributed by atoms with Gasteiger partial charge in [-0.15, -0.1) is 0 Å². The first-order chi connectivity index (χ1) is 7.76. The summed E-state index contributed by atoms with van der Waals surface area (Å²) in [4.78, 5) is 3.26. The molecule has 0 spiro atoms. The second-order valence-corrected chi connectivity index (χ2v) is 4.07. The Morgan fingerprint density at radius 2 is 2.25 bits per heavy atom. The van der Waals surface area contributed by atoms with E-state index in [4.69, 9.17) is 10.5 Å². The van der Waals surface area contributed by atoms with Crippen LogP contribution in [0.2, 0.25) is 0 Å². The highest BCUT2D eigenvalue weighted by molar-refractivity contribution is 5.88. The predicted molar refractivity (Wildman–Crippen MR) is 66.8 cm³/mol. The summed E-state index contributed by atoms with van der Waals surface area (Å²) >= 11 is 0. The van der Waals surface area contributed by atoms with E-state index in [2.05, 4.69) is 18.0 Å². The molecule has 1 aromatic carbocycles. The summed E-state index contributed by atoms with van der Waals surface area (Å²) in [6, 6.07) is 6.30. The normalized spacial score (nSPS) is 12.9. The van der Waals surface area contributed by atoms with Gasteiger partial charge >= 0.3 is 0 Å². The van der Waals surface area contributed by atoms with Crippen molar-refractivity contribution >= 4 is 10.9 Å². The van der Waals surface area contributed by atoms with Crippen molar-refractivity contribution < 1.29 is 4.74 Å². The van der Waals surface area contributed by atoms with Crippen LogP contribution < -0.4 is 10.5 Å². The molecule has 16 heavy (non-hydrogen) atoms. The quantitative estimate of drug-likeness (QED) is 0.828. The smallest absolute Gasteiger partial charge is 0.142 e. The van der Waals surface area contributed by atoms with Gasteiger partial charge in [-0.1, -0.05) is 19.1 Å². The first-order valence-electron chi connectivity index (χ1n) is 5.64. The van der Waals surface area contributed by atoms with Gasteiger partial charge in [-0.05, 0) is 24.5 Å². The zero-order valence-electron chi connectivity index (χ0n) is 9.79. The lowest BCUT2D eigenvalue weighted by Crippen LogP contribution is -2.21. The van der Waals surface area contributed by atoms with Crippen LogP contribution in [0.3, 0.4) is 0 Å². The zero-order valence-corrected chi connectivity index (χ0v) is 9.79. The zero-order chi connectivity index (χ0) is 11.5. The third-order valence-electron chi connectivity index (χ3n) is 2.99. The summed E-state index contributed by atoms with van der Waals surface area (Å²) < 4.78 is 5.31. The maximum Gasteiger partial charge on any atom is 0.142 e. The monoisotopic (exact) mass is 218 g/mol. The van der Waals surface area contributed by atoms with Gasteiger partial charge in [-0.3, -0.25) is 0 Å². The highest BCUT2D eigenvalue weighted by atomic mass is 16.5. The molecule has 0 fully saturated rings. The van der Waals surface area contributed by atoms with Crippen molar-refractivity contribution in [1.82, 2.24) is 4.98 Å². The number of fused-ring (bicyclic) bond motifs is 1. The standard InChI is InChI=1S/C13H18N2O/c1-3-10(14)7-9-8-15-13-11(9)5-4-6-12(13)16-2/h4-6,8,10,15H,3,7,14H2,1-2H3. The number of H-pyrrole nitrogens is 1. The Kier molecular flexibility index (Phi) is 3.15. The third-order valence-corrected chi connectivity index (χ3v) is 2.99. The lowest BCUT2D eigenvalue weighted by atomic mass is 10.0. The molecular weight excluding hydrogens is 200 g/mol. The fraction of sp³-hybridized carbons (Fsp3) is 0.385. The molecule has 0 aliphatic rings. The van der Waals surface area contributed by atoms with Gasteiger partial charge in [0.1, 0.15) is 5.75 Å². The number of ether oxygens (including phenoxy) is 1. The average Bonchev–Trinajstić information content (AvgIpc) is 2.72. The highest BCUT2D eigenvalue weighted by Gasteiger charge is 2.09. The Balaban J connectivity index is 2.41. The second-order valence-electron chi connectivity index (χ2n) is 4.07. The maximum absolute atomic E-state index is 5.98. The molecule has 0 aliphatic heterocycles. The van der Waals surface area contributed by atoms with Gasteiger partial charge < -0.3 is 15.5 Å². The number of rotatable bonds is 4. The number of benzene rings is 1. The van der Waals surface area contributed by atoms with Gasteiger partial charge in [0, 0.05) is 17.6 Å². The summed E-state index contributed by atoms with van der Waals surface area (Å²) in [5, 5.41) is 1.21. The van der Waals surface area contributed by atoms with Gasteiger partial charge in [0.15, 0.2) is 0 Å². The van der Waals surface area contributed by atoms with Gasteiger partial charge in [0.25, 0.3) is 0 Å². The molecule has 3 nitrogen and oxygen atoms in total. The van der Waals surface area contributed by atoms with Crippen LogP contribution in [0.15, 0.2) is 24.4 Å². The molecule has 0 saturated heterocycles. The number of hydrogen-bond donors (Lipinski definition) is 2. The number of methoxy groups -OCH3 is 1. The lowest BCUT2D eigenvalue weighted by Gasteiger charge is -2.07. The van der Waals surface area contributed by atoms with E-state index in [1.807, 2.05) is 18.3 Å².